The summed E-state index contributed by atoms with van der Waals surface area (Å²) in [5.74, 6) is 0.700. The second kappa shape index (κ2) is 5.69. The Labute approximate surface area is 91.1 Å². The molecule has 5 heteroatoms. The number of rotatable bonds is 5. The Morgan fingerprint density at radius 1 is 1.33 bits per heavy atom. The summed E-state index contributed by atoms with van der Waals surface area (Å²) in [7, 11) is -3.10. The van der Waals surface area contributed by atoms with Crippen LogP contribution in [0.25, 0.3) is 0 Å². The molecule has 15 heavy (non-hydrogen) atoms. The Morgan fingerprint density at radius 2 is 1.93 bits per heavy atom. The molecule has 1 aliphatic rings. The van der Waals surface area contributed by atoms with E-state index in [4.69, 9.17) is 13.8 Å². The van der Waals surface area contributed by atoms with E-state index in [0.29, 0.717) is 30.9 Å². The van der Waals surface area contributed by atoms with Gasteiger partial charge in [0.1, 0.15) is 5.76 Å². The van der Waals surface area contributed by atoms with Crippen molar-refractivity contribution in [2.24, 2.45) is 0 Å². The fraction of sp³-hybridized carbons (Fsp3) is 0.800. The average molecular weight is 234 g/mol. The minimum absolute atomic E-state index is 0.383. The molecule has 0 unspecified atom stereocenters. The maximum Gasteiger partial charge on any atom is 0.360 e. The van der Waals surface area contributed by atoms with Crippen LogP contribution >= 0.6 is 7.60 Å². The molecule has 0 N–H and O–H groups in total. The molecule has 1 rings (SSSR count). The van der Waals surface area contributed by atoms with E-state index < -0.39 is 7.60 Å². The normalized spacial score (nSPS) is 17.8. The number of hydrogen-bond donors (Lipinski definition) is 0. The lowest BCUT2D eigenvalue weighted by atomic mass is 10.2. The molecular weight excluding hydrogens is 215 g/mol. The second-order valence-corrected chi connectivity index (χ2v) is 5.34. The van der Waals surface area contributed by atoms with E-state index in [0.717, 1.165) is 12.8 Å². The van der Waals surface area contributed by atoms with E-state index in [1.165, 1.54) is 0 Å². The molecule has 0 amide bonds. The van der Waals surface area contributed by atoms with Gasteiger partial charge in [-0.2, -0.15) is 0 Å². The van der Waals surface area contributed by atoms with Gasteiger partial charge in [-0.25, -0.2) is 0 Å². The predicted molar refractivity (Wildman–Crippen MR) is 58.7 cm³/mol. The molecule has 0 bridgehead atoms. The van der Waals surface area contributed by atoms with Crippen LogP contribution in [0.2, 0.25) is 0 Å². The highest BCUT2D eigenvalue weighted by atomic mass is 31.2. The SMILES string of the molecule is CCOP(=O)(OCC)C1=C(C)OCCC1. The molecule has 0 radical (unpaired) electrons. The van der Waals surface area contributed by atoms with Crippen molar-refractivity contribution in [1.82, 2.24) is 0 Å². The second-order valence-electron chi connectivity index (χ2n) is 3.29. The van der Waals surface area contributed by atoms with Crippen molar-refractivity contribution in [3.63, 3.8) is 0 Å². The molecule has 0 atom stereocenters. The van der Waals surface area contributed by atoms with E-state index in [1.807, 2.05) is 20.8 Å². The first-order valence-corrected chi connectivity index (χ1v) is 6.90. The van der Waals surface area contributed by atoms with Crippen LogP contribution < -0.4 is 0 Å². The zero-order valence-electron chi connectivity index (χ0n) is 9.62. The van der Waals surface area contributed by atoms with Gasteiger partial charge in [-0.1, -0.05) is 0 Å². The Hall–Kier alpha value is -0.310. The topological polar surface area (TPSA) is 44.8 Å². The summed E-state index contributed by atoms with van der Waals surface area (Å²) >= 11 is 0. The summed E-state index contributed by atoms with van der Waals surface area (Å²) in [5.41, 5.74) is 0. The standard InChI is InChI=1S/C10H19O4P/c1-4-13-15(11,14-5-2)10-7-6-8-12-9(10)3/h4-8H2,1-3H3. The molecule has 0 aromatic heterocycles. The fourth-order valence-corrected chi connectivity index (χ4v) is 3.54. The smallest absolute Gasteiger partial charge is 0.360 e. The van der Waals surface area contributed by atoms with Gasteiger partial charge in [0.05, 0.1) is 25.1 Å². The molecule has 0 spiro atoms. The van der Waals surface area contributed by atoms with Crippen LogP contribution in [-0.4, -0.2) is 19.8 Å². The van der Waals surface area contributed by atoms with Crippen molar-refractivity contribution < 1.29 is 18.3 Å². The van der Waals surface area contributed by atoms with Gasteiger partial charge in [0, 0.05) is 0 Å². The molecule has 0 saturated carbocycles. The average Bonchev–Trinajstić information content (AvgIpc) is 2.19. The molecule has 4 nitrogen and oxygen atoms in total. The third-order valence-corrected chi connectivity index (χ3v) is 4.61. The highest BCUT2D eigenvalue weighted by molar-refractivity contribution is 7.58. The Morgan fingerprint density at radius 3 is 2.40 bits per heavy atom. The number of hydrogen-bond acceptors (Lipinski definition) is 4. The fourth-order valence-electron chi connectivity index (χ4n) is 1.59. The first-order valence-electron chi connectivity index (χ1n) is 5.36. The summed E-state index contributed by atoms with van der Waals surface area (Å²) in [4.78, 5) is 0. The Balaban J connectivity index is 2.92. The van der Waals surface area contributed by atoms with E-state index >= 15 is 0 Å². The molecule has 0 aliphatic carbocycles. The van der Waals surface area contributed by atoms with Crippen molar-refractivity contribution >= 4 is 7.60 Å². The van der Waals surface area contributed by atoms with Gasteiger partial charge in [0.25, 0.3) is 0 Å². The van der Waals surface area contributed by atoms with Crippen molar-refractivity contribution in [2.75, 3.05) is 19.8 Å². The van der Waals surface area contributed by atoms with E-state index in [2.05, 4.69) is 0 Å². The summed E-state index contributed by atoms with van der Waals surface area (Å²) in [6.07, 6.45) is 1.61. The van der Waals surface area contributed by atoms with Gasteiger partial charge in [-0.3, -0.25) is 4.57 Å². The van der Waals surface area contributed by atoms with Crippen molar-refractivity contribution in [3.05, 3.63) is 11.1 Å². The first kappa shape index (κ1) is 12.8. The molecule has 0 saturated heterocycles. The number of ether oxygens (including phenoxy) is 1. The lowest BCUT2D eigenvalue weighted by Crippen LogP contribution is -2.08. The molecule has 0 aromatic rings. The summed E-state index contributed by atoms with van der Waals surface area (Å²) < 4.78 is 28.3. The zero-order chi connectivity index (χ0) is 11.3. The largest absolute Gasteiger partial charge is 0.498 e. The van der Waals surface area contributed by atoms with Crippen LogP contribution in [0.5, 0.6) is 0 Å². The summed E-state index contributed by atoms with van der Waals surface area (Å²) in [5, 5.41) is 0.706. The van der Waals surface area contributed by atoms with Gasteiger partial charge in [-0.15, -0.1) is 0 Å². The molecule has 0 fully saturated rings. The molecule has 1 heterocycles. The summed E-state index contributed by atoms with van der Waals surface area (Å²) in [6, 6.07) is 0. The zero-order valence-corrected chi connectivity index (χ0v) is 10.5. The maximum absolute atomic E-state index is 12.4. The van der Waals surface area contributed by atoms with E-state index in [1.54, 1.807) is 0 Å². The van der Waals surface area contributed by atoms with Crippen LogP contribution in [0.15, 0.2) is 11.1 Å². The lowest BCUT2D eigenvalue weighted by molar-refractivity contribution is 0.181. The molecule has 1 aliphatic heterocycles. The third-order valence-electron chi connectivity index (χ3n) is 2.21. The summed E-state index contributed by atoms with van der Waals surface area (Å²) in [6.45, 7) is 6.89. The Bertz CT molecular complexity index is 275. The van der Waals surface area contributed by atoms with Gasteiger partial charge in [0.15, 0.2) is 0 Å². The highest BCUT2D eigenvalue weighted by Crippen LogP contribution is 2.59. The van der Waals surface area contributed by atoms with E-state index in [9.17, 15) is 4.57 Å². The minimum atomic E-state index is -3.10. The number of allylic oxidation sites excluding steroid dienone is 2. The van der Waals surface area contributed by atoms with Crippen LogP contribution in [0, 0.1) is 0 Å². The van der Waals surface area contributed by atoms with Gasteiger partial charge in [0.2, 0.25) is 0 Å². The van der Waals surface area contributed by atoms with Crippen molar-refractivity contribution in [3.8, 4) is 0 Å². The monoisotopic (exact) mass is 234 g/mol. The van der Waals surface area contributed by atoms with Crippen molar-refractivity contribution in [2.45, 2.75) is 33.6 Å². The van der Waals surface area contributed by atoms with Gasteiger partial charge >= 0.3 is 7.60 Å². The Kier molecular flexibility index (Phi) is 4.84. The maximum atomic E-state index is 12.4. The van der Waals surface area contributed by atoms with Gasteiger partial charge in [-0.05, 0) is 33.6 Å². The van der Waals surface area contributed by atoms with Gasteiger partial charge < -0.3 is 13.8 Å². The lowest BCUT2D eigenvalue weighted by Gasteiger charge is -2.25. The van der Waals surface area contributed by atoms with Crippen molar-refractivity contribution in [1.29, 1.82) is 0 Å². The quantitative estimate of drug-likeness (QED) is 0.684. The van der Waals surface area contributed by atoms with Crippen LogP contribution in [0.1, 0.15) is 33.6 Å². The minimum Gasteiger partial charge on any atom is -0.498 e. The molecule has 0 aromatic carbocycles. The van der Waals surface area contributed by atoms with Crippen LogP contribution in [0.4, 0.5) is 0 Å². The van der Waals surface area contributed by atoms with Crippen LogP contribution in [0.3, 0.4) is 0 Å². The molecular formula is C10H19O4P. The molecule has 88 valence electrons. The third kappa shape index (κ3) is 3.07. The van der Waals surface area contributed by atoms with Crippen LogP contribution in [-0.2, 0) is 18.3 Å². The first-order chi connectivity index (χ1) is 7.14. The van der Waals surface area contributed by atoms with E-state index in [-0.39, 0.29) is 0 Å². The predicted octanol–water partition coefficient (Wildman–Crippen LogP) is 3.29. The highest BCUT2D eigenvalue weighted by Gasteiger charge is 2.33.